The Morgan fingerprint density at radius 1 is 1.07 bits per heavy atom. The van der Waals surface area contributed by atoms with Crippen LogP contribution in [0.1, 0.15) is 11.1 Å². The van der Waals surface area contributed by atoms with Crippen molar-refractivity contribution in [2.24, 2.45) is 5.41 Å². The lowest BCUT2D eigenvalue weighted by molar-refractivity contribution is -0.917. The molecule has 3 aliphatic heterocycles. The van der Waals surface area contributed by atoms with Crippen molar-refractivity contribution in [3.8, 4) is 0 Å². The number of piperazine rings is 1. The van der Waals surface area contributed by atoms with E-state index in [2.05, 4.69) is 28.4 Å². The van der Waals surface area contributed by atoms with Gasteiger partial charge in [-0.3, -0.25) is 19.8 Å². The molecule has 5 rings (SSSR count). The zero-order chi connectivity index (χ0) is 20.9. The van der Waals surface area contributed by atoms with E-state index in [1.54, 1.807) is 0 Å². The Labute approximate surface area is 175 Å². The molecule has 2 N–H and O–H groups in total. The van der Waals surface area contributed by atoms with E-state index in [1.807, 2.05) is 36.4 Å². The standard InChI is InChI=1S/C23H24N4O3/c1-25-21(29)23(20(28)24-22(25)30)13-17-9-5-6-10-18(17)27-12-11-26(15-19(23)27)14-16-7-3-2-4-8-16/h2-10,19H,11-15H2,1H3,(H,24,28,30)/p+1/t19-,23-/m1/s1. The molecule has 7 nitrogen and oxygen atoms in total. The minimum Gasteiger partial charge on any atom is -0.355 e. The Morgan fingerprint density at radius 3 is 2.60 bits per heavy atom. The van der Waals surface area contributed by atoms with Gasteiger partial charge in [-0.05, 0) is 11.6 Å². The predicted octanol–water partition coefficient (Wildman–Crippen LogP) is 0.211. The lowest BCUT2D eigenvalue weighted by atomic mass is 9.67. The fourth-order valence-electron chi connectivity index (χ4n) is 5.28. The normalized spacial score (nSPS) is 28.2. The average Bonchev–Trinajstić information content (AvgIpc) is 2.77. The summed E-state index contributed by atoms with van der Waals surface area (Å²) in [7, 11) is 1.45. The number of quaternary nitrogens is 1. The van der Waals surface area contributed by atoms with Crippen LogP contribution >= 0.6 is 0 Å². The quantitative estimate of drug-likeness (QED) is 0.701. The fraction of sp³-hybridized carbons (Fsp3) is 0.348. The number of urea groups is 1. The second kappa shape index (κ2) is 6.95. The highest BCUT2D eigenvalue weighted by molar-refractivity contribution is 6.20. The molecule has 0 aromatic heterocycles. The van der Waals surface area contributed by atoms with Crippen molar-refractivity contribution in [2.75, 3.05) is 31.6 Å². The van der Waals surface area contributed by atoms with Gasteiger partial charge in [0.25, 0.3) is 0 Å². The summed E-state index contributed by atoms with van der Waals surface area (Å²) in [5, 5.41) is 2.44. The van der Waals surface area contributed by atoms with Crippen LogP contribution in [-0.4, -0.2) is 55.5 Å². The maximum Gasteiger partial charge on any atom is 0.330 e. The predicted molar refractivity (Wildman–Crippen MR) is 111 cm³/mol. The molecular formula is C23H25N4O3+. The number of barbiturate groups is 1. The van der Waals surface area contributed by atoms with Crippen molar-refractivity contribution in [2.45, 2.75) is 19.0 Å². The van der Waals surface area contributed by atoms with Crippen LogP contribution in [0.2, 0.25) is 0 Å². The van der Waals surface area contributed by atoms with Crippen LogP contribution in [0.25, 0.3) is 0 Å². The topological polar surface area (TPSA) is 74.2 Å². The Hall–Kier alpha value is -3.19. The molecule has 2 saturated heterocycles. The Balaban J connectivity index is 1.55. The van der Waals surface area contributed by atoms with Crippen molar-refractivity contribution in [3.63, 3.8) is 0 Å². The van der Waals surface area contributed by atoms with E-state index in [0.29, 0.717) is 13.0 Å². The molecule has 3 aliphatic rings. The van der Waals surface area contributed by atoms with Gasteiger partial charge in [-0.25, -0.2) is 4.79 Å². The second-order valence-corrected chi connectivity index (χ2v) is 8.48. The number of amides is 4. The molecule has 3 heterocycles. The molecule has 4 amide bonds. The summed E-state index contributed by atoms with van der Waals surface area (Å²) < 4.78 is 0. The first-order chi connectivity index (χ1) is 14.5. The number of imide groups is 2. The molecule has 1 unspecified atom stereocenters. The third-order valence-corrected chi connectivity index (χ3v) is 6.82. The molecule has 30 heavy (non-hydrogen) atoms. The molecule has 1 spiro atoms. The van der Waals surface area contributed by atoms with Crippen LogP contribution in [0.4, 0.5) is 10.5 Å². The lowest BCUT2D eigenvalue weighted by Gasteiger charge is -2.53. The van der Waals surface area contributed by atoms with Gasteiger partial charge in [-0.2, -0.15) is 0 Å². The summed E-state index contributed by atoms with van der Waals surface area (Å²) in [5.74, 6) is -0.872. The van der Waals surface area contributed by atoms with Crippen LogP contribution in [0.15, 0.2) is 54.6 Å². The molecule has 0 radical (unpaired) electrons. The number of nitrogens with zero attached hydrogens (tertiary/aromatic N) is 2. The van der Waals surface area contributed by atoms with Crippen molar-refractivity contribution in [3.05, 3.63) is 65.7 Å². The summed E-state index contributed by atoms with van der Waals surface area (Å²) in [6, 6.07) is 17.3. The van der Waals surface area contributed by atoms with Gasteiger partial charge >= 0.3 is 6.03 Å². The Kier molecular flexibility index (Phi) is 4.36. The molecule has 2 aromatic rings. The van der Waals surface area contributed by atoms with Gasteiger partial charge in [0.15, 0.2) is 5.41 Å². The first-order valence-corrected chi connectivity index (χ1v) is 10.4. The summed E-state index contributed by atoms with van der Waals surface area (Å²) in [6.07, 6.45) is 0.311. The van der Waals surface area contributed by atoms with E-state index in [4.69, 9.17) is 0 Å². The third-order valence-electron chi connectivity index (χ3n) is 6.82. The molecule has 2 aromatic carbocycles. The number of hydrogen-bond acceptors (Lipinski definition) is 4. The van der Waals surface area contributed by atoms with Crippen LogP contribution in [0, 0.1) is 5.41 Å². The monoisotopic (exact) mass is 405 g/mol. The van der Waals surface area contributed by atoms with E-state index in [1.165, 1.54) is 17.5 Å². The summed E-state index contributed by atoms with van der Waals surface area (Å²) in [6.45, 7) is 3.17. The highest BCUT2D eigenvalue weighted by atomic mass is 16.2. The van der Waals surface area contributed by atoms with Crippen molar-refractivity contribution < 1.29 is 19.3 Å². The highest BCUT2D eigenvalue weighted by Crippen LogP contribution is 2.44. The van der Waals surface area contributed by atoms with E-state index >= 15 is 0 Å². The number of benzene rings is 2. The molecule has 7 heteroatoms. The van der Waals surface area contributed by atoms with Gasteiger partial charge in [0.1, 0.15) is 12.6 Å². The van der Waals surface area contributed by atoms with Gasteiger partial charge in [0.05, 0.1) is 19.6 Å². The Bertz CT molecular complexity index is 1020. The number of carbonyl (C=O) groups excluding carboxylic acids is 3. The smallest absolute Gasteiger partial charge is 0.330 e. The summed E-state index contributed by atoms with van der Waals surface area (Å²) >= 11 is 0. The molecule has 0 saturated carbocycles. The van der Waals surface area contributed by atoms with Crippen LogP contribution < -0.4 is 15.1 Å². The lowest BCUT2D eigenvalue weighted by Crippen LogP contribution is -3.15. The maximum atomic E-state index is 13.5. The van der Waals surface area contributed by atoms with Crippen LogP contribution in [-0.2, 0) is 22.6 Å². The fourth-order valence-corrected chi connectivity index (χ4v) is 5.28. The van der Waals surface area contributed by atoms with E-state index in [9.17, 15) is 14.4 Å². The van der Waals surface area contributed by atoms with Crippen LogP contribution in [0.5, 0.6) is 0 Å². The number of nitrogens with one attached hydrogen (secondary N) is 2. The average molecular weight is 405 g/mol. The minimum atomic E-state index is -1.29. The summed E-state index contributed by atoms with van der Waals surface area (Å²) in [4.78, 5) is 43.4. The minimum absolute atomic E-state index is 0.303. The van der Waals surface area contributed by atoms with E-state index in [0.717, 1.165) is 35.8 Å². The van der Waals surface area contributed by atoms with Gasteiger partial charge < -0.3 is 9.80 Å². The number of rotatable bonds is 2. The zero-order valence-electron chi connectivity index (χ0n) is 16.9. The summed E-state index contributed by atoms with van der Waals surface area (Å²) in [5.41, 5.74) is 2.01. The molecule has 0 bridgehead atoms. The molecule has 0 aliphatic carbocycles. The molecule has 3 atom stereocenters. The van der Waals surface area contributed by atoms with Crippen molar-refractivity contribution in [1.29, 1.82) is 0 Å². The second-order valence-electron chi connectivity index (χ2n) is 8.48. The first-order valence-electron chi connectivity index (χ1n) is 10.4. The van der Waals surface area contributed by atoms with Crippen molar-refractivity contribution in [1.82, 2.24) is 10.2 Å². The number of anilines is 1. The number of hydrogen-bond donors (Lipinski definition) is 2. The van der Waals surface area contributed by atoms with E-state index in [-0.39, 0.29) is 6.04 Å². The van der Waals surface area contributed by atoms with Gasteiger partial charge in [-0.1, -0.05) is 48.5 Å². The van der Waals surface area contributed by atoms with E-state index < -0.39 is 23.3 Å². The number of para-hydroxylation sites is 1. The molecule has 154 valence electrons. The zero-order valence-corrected chi connectivity index (χ0v) is 16.9. The SMILES string of the molecule is CN1C(=O)NC(=O)[C@]2(Cc3ccccc3N3CC[NH+](Cc4ccccc4)C[C@@H]32)C1=O. The van der Waals surface area contributed by atoms with Gasteiger partial charge in [0, 0.05) is 24.7 Å². The largest absolute Gasteiger partial charge is 0.355 e. The van der Waals surface area contributed by atoms with Crippen LogP contribution in [0.3, 0.4) is 0 Å². The maximum absolute atomic E-state index is 13.5. The number of fused-ring (bicyclic) bond motifs is 4. The number of carbonyl (C=O) groups is 3. The molecular weight excluding hydrogens is 380 g/mol. The Morgan fingerprint density at radius 2 is 1.80 bits per heavy atom. The van der Waals surface area contributed by atoms with Crippen molar-refractivity contribution >= 4 is 23.5 Å². The highest BCUT2D eigenvalue weighted by Gasteiger charge is 2.63. The third kappa shape index (κ3) is 2.73. The first kappa shape index (κ1) is 18.8. The van der Waals surface area contributed by atoms with Gasteiger partial charge in [-0.15, -0.1) is 0 Å². The van der Waals surface area contributed by atoms with Gasteiger partial charge in [0.2, 0.25) is 11.8 Å². The molecule has 2 fully saturated rings.